The van der Waals surface area contributed by atoms with Crippen molar-refractivity contribution in [1.29, 1.82) is 0 Å². The molecule has 1 aliphatic carbocycles. The van der Waals surface area contributed by atoms with Crippen LogP contribution in [0.5, 0.6) is 0 Å². The van der Waals surface area contributed by atoms with Crippen LogP contribution in [0.25, 0.3) is 0 Å². The second-order valence-corrected chi connectivity index (χ2v) is 22.9. The van der Waals surface area contributed by atoms with Crippen LogP contribution >= 0.6 is 0 Å². The van der Waals surface area contributed by atoms with Gasteiger partial charge in [-0.2, -0.15) is 0 Å². The minimum absolute atomic E-state index is 0.103. The predicted molar refractivity (Wildman–Crippen MR) is 245 cm³/mol. The second kappa shape index (κ2) is 18.6. The average molecular weight is 867 g/mol. The highest BCUT2D eigenvalue weighted by molar-refractivity contribution is 6.92. The zero-order chi connectivity index (χ0) is 44.6. The van der Waals surface area contributed by atoms with Crippen molar-refractivity contribution in [3.63, 3.8) is 0 Å². The zero-order valence-electron chi connectivity index (χ0n) is 38.5. The third-order valence-electron chi connectivity index (χ3n) is 13.1. The van der Waals surface area contributed by atoms with Gasteiger partial charge < -0.3 is 38.0 Å². The Hall–Kier alpha value is -3.45. The van der Waals surface area contributed by atoms with E-state index < -0.39 is 61.9 Å². The maximum atomic E-state index is 15.0. The molecule has 4 aliphatic heterocycles. The lowest BCUT2D eigenvalue weighted by molar-refractivity contribution is -0.342. The molecule has 336 valence electrons. The lowest BCUT2D eigenvalue weighted by atomic mass is 9.71. The van der Waals surface area contributed by atoms with Gasteiger partial charge in [0.25, 0.3) is 0 Å². The molecule has 5 aliphatic rings. The van der Waals surface area contributed by atoms with Crippen LogP contribution in [0.4, 0.5) is 0 Å². The Labute approximate surface area is 371 Å². The summed E-state index contributed by atoms with van der Waals surface area (Å²) in [4.78, 5) is 15.0. The van der Waals surface area contributed by atoms with Crippen molar-refractivity contribution in [1.82, 2.24) is 0 Å². The number of aliphatic hydroxyl groups is 2. The number of fused-ring (bicyclic) bond motifs is 2. The van der Waals surface area contributed by atoms with E-state index in [4.69, 9.17) is 27.8 Å². The number of rotatable bonds is 7. The molecule has 11 atom stereocenters. The van der Waals surface area contributed by atoms with E-state index in [9.17, 15) is 15.0 Å². The number of carbonyl (C=O) groups is 1. The molecular weight excluding hydrogens is 797 g/mol. The summed E-state index contributed by atoms with van der Waals surface area (Å²) in [6, 6.07) is 20.1. The average Bonchev–Trinajstić information content (AvgIpc) is 3.54. The molecule has 3 saturated heterocycles. The highest BCUT2D eigenvalue weighted by atomic mass is 28.4. The molecule has 2 aromatic carbocycles. The molecule has 7 rings (SSSR count). The van der Waals surface area contributed by atoms with Crippen molar-refractivity contribution in [2.24, 2.45) is 23.7 Å². The fourth-order valence-electron chi connectivity index (χ4n) is 10.4. The van der Waals surface area contributed by atoms with Crippen LogP contribution < -0.4 is 10.4 Å². The smallest absolute Gasteiger partial charge is 0.408 e. The summed E-state index contributed by atoms with van der Waals surface area (Å²) in [7, 11) is -3.56. The van der Waals surface area contributed by atoms with E-state index in [1.165, 1.54) is 5.57 Å². The first-order valence-corrected chi connectivity index (χ1v) is 24.6. The number of ether oxygens (including phenoxy) is 4. The third-order valence-corrected chi connectivity index (χ3v) is 16.8. The predicted octanol–water partition coefficient (Wildman–Crippen LogP) is 8.18. The molecule has 1 spiro atoms. The Morgan fingerprint density at radius 2 is 1.63 bits per heavy atom. The number of benzene rings is 2. The summed E-state index contributed by atoms with van der Waals surface area (Å²) in [5, 5.41) is 26.8. The SMILES string of the molecule is CC1=C[C@H]2C(=O)O[C@H]3C[C@@H](C/C=C(\C)C[C@@H](C)/C=C/C=C4\CO[C@H]([C@@H]1O[Si](OC(C)(C)C)(c1ccccc1)c1ccccc1)[C@@]42O)O[C@@]1(CC(O)[C@H](C)[C@@H](/C(C)=C/C(C)C)O1)C3. The molecule has 10 heteroatoms. The van der Waals surface area contributed by atoms with Gasteiger partial charge in [-0.15, -0.1) is 0 Å². The number of esters is 1. The monoisotopic (exact) mass is 866 g/mol. The largest absolute Gasteiger partial charge is 0.462 e. The molecule has 3 fully saturated rings. The van der Waals surface area contributed by atoms with Crippen LogP contribution in [0.1, 0.15) is 101 Å². The van der Waals surface area contributed by atoms with Crippen molar-refractivity contribution in [3.05, 3.63) is 119 Å². The standard InChI is InChI=1S/C52H70O9Si/c1-33(2)26-36(5)46-38(7)45(53)31-51(59-46)30-41-29-40(58-51)25-24-35(4)27-34(3)18-17-19-39-32-56-48-47(37(6)28-44(49(54)57-41)52(39,48)55)60-62(61-50(8,9)10,42-20-13-11-14-21-42)43-22-15-12-16-23-43/h11-24,26,28,33-34,38,40-41,44-48,53,55H,25,27,29-32H2,1-10H3/b18-17+,35-24+,36-26+,39-19+/t34-,38-,40+,41-,44-,45?,46+,47+,48+,51-,52+/m0/s1. The minimum Gasteiger partial charge on any atom is -0.462 e. The van der Waals surface area contributed by atoms with E-state index in [2.05, 4.69) is 52.8 Å². The zero-order valence-corrected chi connectivity index (χ0v) is 39.5. The van der Waals surface area contributed by atoms with Crippen LogP contribution in [-0.2, 0) is 32.6 Å². The van der Waals surface area contributed by atoms with Crippen LogP contribution in [0.15, 0.2) is 119 Å². The number of hydrogen-bond donors (Lipinski definition) is 2. The van der Waals surface area contributed by atoms with Crippen LogP contribution in [0.2, 0.25) is 0 Å². The van der Waals surface area contributed by atoms with Crippen LogP contribution in [0, 0.1) is 23.7 Å². The lowest BCUT2D eigenvalue weighted by Crippen LogP contribution is -2.69. The van der Waals surface area contributed by atoms with Crippen LogP contribution in [-0.4, -0.2) is 85.0 Å². The Morgan fingerprint density at radius 3 is 2.26 bits per heavy atom. The van der Waals surface area contributed by atoms with E-state index in [0.717, 1.165) is 27.9 Å². The first kappa shape index (κ1) is 46.5. The molecule has 2 N–H and O–H groups in total. The second-order valence-electron chi connectivity index (χ2n) is 20.1. The molecule has 0 aromatic heterocycles. The molecule has 0 saturated carbocycles. The van der Waals surface area contributed by atoms with Crippen molar-refractivity contribution in [3.8, 4) is 0 Å². The van der Waals surface area contributed by atoms with E-state index in [-0.39, 0.29) is 43.5 Å². The number of allylic oxidation sites excluding steroid dienone is 5. The molecule has 9 nitrogen and oxygen atoms in total. The van der Waals surface area contributed by atoms with Gasteiger partial charge in [0.15, 0.2) is 5.79 Å². The maximum Gasteiger partial charge on any atom is 0.408 e. The molecule has 1 unspecified atom stereocenters. The highest BCUT2D eigenvalue weighted by Gasteiger charge is 2.63. The third kappa shape index (κ3) is 9.78. The van der Waals surface area contributed by atoms with Gasteiger partial charge in [-0.05, 0) is 93.3 Å². The molecule has 2 bridgehead atoms. The fourth-order valence-corrected chi connectivity index (χ4v) is 14.0. The van der Waals surface area contributed by atoms with Gasteiger partial charge in [-0.1, -0.05) is 130 Å². The summed E-state index contributed by atoms with van der Waals surface area (Å²) in [5.74, 6) is -2.47. The van der Waals surface area contributed by atoms with Crippen molar-refractivity contribution >= 4 is 24.9 Å². The Morgan fingerprint density at radius 1 is 0.968 bits per heavy atom. The van der Waals surface area contributed by atoms with Gasteiger partial charge in [-0.3, -0.25) is 4.79 Å². The first-order chi connectivity index (χ1) is 29.3. The minimum atomic E-state index is -3.56. The van der Waals surface area contributed by atoms with Crippen molar-refractivity contribution in [2.45, 2.75) is 155 Å². The van der Waals surface area contributed by atoms with Gasteiger partial charge >= 0.3 is 14.5 Å². The van der Waals surface area contributed by atoms with Crippen molar-refractivity contribution in [2.75, 3.05) is 6.61 Å². The fraction of sp³-hybridized carbons (Fsp3) is 0.558. The van der Waals surface area contributed by atoms with E-state index in [0.29, 0.717) is 24.3 Å². The molecular formula is C52H70O9Si. The van der Waals surface area contributed by atoms with Gasteiger partial charge in [0.1, 0.15) is 23.7 Å². The van der Waals surface area contributed by atoms with Gasteiger partial charge in [0, 0.05) is 25.2 Å². The molecule has 62 heavy (non-hydrogen) atoms. The Kier molecular flexibility index (Phi) is 13.9. The van der Waals surface area contributed by atoms with E-state index in [1.807, 2.05) is 114 Å². The highest BCUT2D eigenvalue weighted by Crippen LogP contribution is 2.49. The van der Waals surface area contributed by atoms with Gasteiger partial charge in [0.2, 0.25) is 0 Å². The lowest BCUT2D eigenvalue weighted by Gasteiger charge is -2.51. The Balaban J connectivity index is 1.31. The number of hydrogen-bond acceptors (Lipinski definition) is 9. The number of aliphatic hydroxyl groups excluding tert-OH is 1. The molecule has 4 heterocycles. The molecule has 0 radical (unpaired) electrons. The summed E-state index contributed by atoms with van der Waals surface area (Å²) < 4.78 is 41.7. The summed E-state index contributed by atoms with van der Waals surface area (Å²) in [6.07, 6.45) is 10.9. The summed E-state index contributed by atoms with van der Waals surface area (Å²) in [5.41, 5.74) is 1.18. The topological polar surface area (TPSA) is 113 Å². The molecule has 0 amide bonds. The summed E-state index contributed by atoms with van der Waals surface area (Å²) in [6.45, 7) is 20.8. The Bertz CT molecular complexity index is 2010. The van der Waals surface area contributed by atoms with Gasteiger partial charge in [0.05, 0.1) is 36.6 Å². The van der Waals surface area contributed by atoms with Crippen molar-refractivity contribution < 1.29 is 42.8 Å². The van der Waals surface area contributed by atoms with E-state index >= 15 is 0 Å². The quantitative estimate of drug-likeness (QED) is 0.162. The van der Waals surface area contributed by atoms with Gasteiger partial charge in [-0.25, -0.2) is 0 Å². The summed E-state index contributed by atoms with van der Waals surface area (Å²) >= 11 is 0. The van der Waals surface area contributed by atoms with Crippen LogP contribution in [0.3, 0.4) is 0 Å². The van der Waals surface area contributed by atoms with E-state index in [1.54, 1.807) is 0 Å². The maximum absolute atomic E-state index is 15.0. The normalized spacial score (nSPS) is 37.1. The molecule has 2 aromatic rings. The first-order valence-electron chi connectivity index (χ1n) is 22.8. The number of carbonyl (C=O) groups excluding carboxylic acids is 1.